The van der Waals surface area contributed by atoms with E-state index in [1.807, 2.05) is 14.0 Å². The summed E-state index contributed by atoms with van der Waals surface area (Å²) in [7, 11) is 1.83. The van der Waals surface area contributed by atoms with Crippen molar-refractivity contribution in [3.63, 3.8) is 0 Å². The van der Waals surface area contributed by atoms with Crippen molar-refractivity contribution >= 4 is 11.6 Å². The SMILES string of the molecule is CCC(C)(C(O)Cc1c(C)nn(C)c1Cl)N1CCOCC1. The van der Waals surface area contributed by atoms with Gasteiger partial charge in [0.1, 0.15) is 5.15 Å². The molecule has 6 heteroatoms. The van der Waals surface area contributed by atoms with E-state index in [4.69, 9.17) is 16.3 Å². The van der Waals surface area contributed by atoms with Crippen LogP contribution in [0.3, 0.4) is 0 Å². The van der Waals surface area contributed by atoms with Crippen molar-refractivity contribution in [2.45, 2.75) is 45.3 Å². The molecule has 0 aromatic carbocycles. The molecule has 120 valence electrons. The predicted molar refractivity (Wildman–Crippen MR) is 83.8 cm³/mol. The zero-order valence-corrected chi connectivity index (χ0v) is 14.2. The van der Waals surface area contributed by atoms with Gasteiger partial charge in [0.25, 0.3) is 0 Å². The third-order valence-corrected chi connectivity index (χ3v) is 5.31. The summed E-state index contributed by atoms with van der Waals surface area (Å²) in [5.41, 5.74) is 1.57. The van der Waals surface area contributed by atoms with Crippen molar-refractivity contribution in [2.75, 3.05) is 26.3 Å². The summed E-state index contributed by atoms with van der Waals surface area (Å²) in [6.07, 6.45) is 0.923. The van der Waals surface area contributed by atoms with Gasteiger partial charge in [0.05, 0.1) is 25.0 Å². The summed E-state index contributed by atoms with van der Waals surface area (Å²) < 4.78 is 7.08. The quantitative estimate of drug-likeness (QED) is 0.900. The molecule has 2 heterocycles. The van der Waals surface area contributed by atoms with Crippen LogP contribution >= 0.6 is 11.6 Å². The van der Waals surface area contributed by atoms with Crippen molar-refractivity contribution in [1.82, 2.24) is 14.7 Å². The molecule has 21 heavy (non-hydrogen) atoms. The first-order valence-corrected chi connectivity index (χ1v) is 7.96. The number of morpholine rings is 1. The van der Waals surface area contributed by atoms with Crippen LogP contribution in [0.2, 0.25) is 5.15 Å². The van der Waals surface area contributed by atoms with Crippen LogP contribution in [-0.2, 0) is 18.2 Å². The van der Waals surface area contributed by atoms with Crippen LogP contribution in [0.15, 0.2) is 0 Å². The average molecular weight is 316 g/mol. The lowest BCUT2D eigenvalue weighted by molar-refractivity contribution is -0.0714. The van der Waals surface area contributed by atoms with Gasteiger partial charge in [-0.05, 0) is 20.3 Å². The Morgan fingerprint density at radius 2 is 2.05 bits per heavy atom. The van der Waals surface area contributed by atoms with Crippen molar-refractivity contribution in [2.24, 2.45) is 7.05 Å². The van der Waals surface area contributed by atoms with Gasteiger partial charge in [-0.15, -0.1) is 0 Å². The van der Waals surface area contributed by atoms with Crippen LogP contribution in [0.25, 0.3) is 0 Å². The normalized spacial score (nSPS) is 21.2. The van der Waals surface area contributed by atoms with Crippen LogP contribution in [0, 0.1) is 6.92 Å². The minimum Gasteiger partial charge on any atom is -0.391 e. The zero-order chi connectivity index (χ0) is 15.6. The van der Waals surface area contributed by atoms with E-state index >= 15 is 0 Å². The summed E-state index contributed by atoms with van der Waals surface area (Å²) in [6, 6.07) is 0. The van der Waals surface area contributed by atoms with E-state index in [9.17, 15) is 5.11 Å². The summed E-state index contributed by atoms with van der Waals surface area (Å²) in [6.45, 7) is 9.37. The lowest BCUT2D eigenvalue weighted by Gasteiger charge is -2.46. The Morgan fingerprint density at radius 1 is 1.43 bits per heavy atom. The molecule has 0 saturated carbocycles. The molecule has 1 aromatic rings. The number of ether oxygens (including phenoxy) is 1. The predicted octanol–water partition coefficient (Wildman–Crippen LogP) is 1.79. The smallest absolute Gasteiger partial charge is 0.130 e. The molecular formula is C15H26ClN3O2. The molecular weight excluding hydrogens is 290 g/mol. The Hall–Kier alpha value is -0.620. The van der Waals surface area contributed by atoms with Gasteiger partial charge in [0, 0.05) is 37.7 Å². The van der Waals surface area contributed by atoms with Crippen LogP contribution in [0.4, 0.5) is 0 Å². The number of aliphatic hydroxyl groups is 1. The second-order valence-corrected chi connectivity index (χ2v) is 6.37. The van der Waals surface area contributed by atoms with Gasteiger partial charge in [-0.3, -0.25) is 9.58 Å². The van der Waals surface area contributed by atoms with E-state index in [-0.39, 0.29) is 5.54 Å². The Balaban J connectivity index is 2.17. The van der Waals surface area contributed by atoms with E-state index in [1.54, 1.807) is 4.68 Å². The van der Waals surface area contributed by atoms with Gasteiger partial charge in [-0.1, -0.05) is 18.5 Å². The van der Waals surface area contributed by atoms with Crippen molar-refractivity contribution in [3.8, 4) is 0 Å². The molecule has 1 aliphatic heterocycles. The van der Waals surface area contributed by atoms with E-state index in [2.05, 4.69) is 23.8 Å². The summed E-state index contributed by atoms with van der Waals surface area (Å²) in [4.78, 5) is 2.33. The van der Waals surface area contributed by atoms with E-state index < -0.39 is 6.10 Å². The summed E-state index contributed by atoms with van der Waals surface area (Å²) >= 11 is 6.29. The van der Waals surface area contributed by atoms with Crippen molar-refractivity contribution < 1.29 is 9.84 Å². The first-order valence-electron chi connectivity index (χ1n) is 7.59. The topological polar surface area (TPSA) is 50.5 Å². The third kappa shape index (κ3) is 3.26. The molecule has 1 aromatic heterocycles. The highest BCUT2D eigenvalue weighted by molar-refractivity contribution is 6.30. The molecule has 0 spiro atoms. The van der Waals surface area contributed by atoms with E-state index in [0.29, 0.717) is 11.6 Å². The zero-order valence-electron chi connectivity index (χ0n) is 13.4. The first-order chi connectivity index (χ1) is 9.90. The molecule has 0 bridgehead atoms. The molecule has 0 radical (unpaired) electrons. The van der Waals surface area contributed by atoms with Crippen LogP contribution in [0.5, 0.6) is 0 Å². The molecule has 1 N–H and O–H groups in total. The second-order valence-electron chi connectivity index (χ2n) is 6.01. The fourth-order valence-corrected chi connectivity index (χ4v) is 3.31. The number of aromatic nitrogens is 2. The molecule has 1 aliphatic rings. The van der Waals surface area contributed by atoms with E-state index in [0.717, 1.165) is 44.0 Å². The van der Waals surface area contributed by atoms with E-state index in [1.165, 1.54) is 0 Å². The number of nitrogens with zero attached hydrogens (tertiary/aromatic N) is 3. The average Bonchev–Trinajstić information content (AvgIpc) is 2.73. The molecule has 1 saturated heterocycles. The Labute approximate surface area is 131 Å². The molecule has 2 atom stereocenters. The number of rotatable bonds is 5. The maximum Gasteiger partial charge on any atom is 0.130 e. The third-order valence-electron chi connectivity index (χ3n) is 4.83. The van der Waals surface area contributed by atoms with Gasteiger partial charge in [0.15, 0.2) is 0 Å². The van der Waals surface area contributed by atoms with Gasteiger partial charge < -0.3 is 9.84 Å². The number of hydrogen-bond donors (Lipinski definition) is 1. The van der Waals surface area contributed by atoms with Crippen LogP contribution in [0.1, 0.15) is 31.5 Å². The molecule has 0 amide bonds. The number of hydrogen-bond acceptors (Lipinski definition) is 4. The van der Waals surface area contributed by atoms with Crippen molar-refractivity contribution in [1.29, 1.82) is 0 Å². The second kappa shape index (κ2) is 6.65. The molecule has 0 aliphatic carbocycles. The molecule has 2 rings (SSSR count). The number of aryl methyl sites for hydroxylation is 2. The highest BCUT2D eigenvalue weighted by atomic mass is 35.5. The van der Waals surface area contributed by atoms with Gasteiger partial charge in [-0.25, -0.2) is 0 Å². The van der Waals surface area contributed by atoms with Crippen LogP contribution < -0.4 is 0 Å². The van der Waals surface area contributed by atoms with Gasteiger partial charge >= 0.3 is 0 Å². The van der Waals surface area contributed by atoms with Gasteiger partial charge in [-0.2, -0.15) is 5.10 Å². The summed E-state index contributed by atoms with van der Waals surface area (Å²) in [5.74, 6) is 0. The highest BCUT2D eigenvalue weighted by Crippen LogP contribution is 2.29. The minimum atomic E-state index is -0.485. The van der Waals surface area contributed by atoms with Crippen LogP contribution in [-0.4, -0.2) is 57.7 Å². The van der Waals surface area contributed by atoms with Crippen molar-refractivity contribution in [3.05, 3.63) is 16.4 Å². The molecule has 5 nitrogen and oxygen atoms in total. The number of aliphatic hydroxyl groups excluding tert-OH is 1. The fourth-order valence-electron chi connectivity index (χ4n) is 3.06. The molecule has 2 unspecified atom stereocenters. The lowest BCUT2D eigenvalue weighted by Crippen LogP contribution is -2.58. The monoisotopic (exact) mass is 315 g/mol. The maximum absolute atomic E-state index is 10.9. The Morgan fingerprint density at radius 3 is 2.52 bits per heavy atom. The minimum absolute atomic E-state index is 0.268. The Bertz CT molecular complexity index is 486. The molecule has 1 fully saturated rings. The maximum atomic E-state index is 10.9. The summed E-state index contributed by atoms with van der Waals surface area (Å²) in [5, 5.41) is 15.8. The Kier molecular flexibility index (Phi) is 5.30. The number of halogens is 1. The fraction of sp³-hybridized carbons (Fsp3) is 0.800. The highest BCUT2D eigenvalue weighted by Gasteiger charge is 2.38. The lowest BCUT2D eigenvalue weighted by atomic mass is 9.85. The van der Waals surface area contributed by atoms with Gasteiger partial charge in [0.2, 0.25) is 0 Å². The standard InChI is InChI=1S/C15H26ClN3O2/c1-5-15(3,19-6-8-21-9-7-19)13(20)10-12-11(2)17-18(4)14(12)16/h13,20H,5-10H2,1-4H3. The largest absolute Gasteiger partial charge is 0.391 e. The first kappa shape index (κ1) is 16.7.